The number of nitrogens with zero attached hydrogens (tertiary/aromatic N) is 1. The summed E-state index contributed by atoms with van der Waals surface area (Å²) in [7, 11) is 4.56. The van der Waals surface area contributed by atoms with Crippen LogP contribution < -0.4 is 15.0 Å². The van der Waals surface area contributed by atoms with Crippen LogP contribution in [-0.2, 0) is 35.0 Å². The van der Waals surface area contributed by atoms with E-state index in [1.165, 1.54) is 19.1 Å². The van der Waals surface area contributed by atoms with Gasteiger partial charge in [-0.15, -0.1) is 0 Å². The fourth-order valence-electron chi connectivity index (χ4n) is 5.85. The number of nitrogens with one attached hydrogen (secondary N) is 1. The van der Waals surface area contributed by atoms with Crippen molar-refractivity contribution in [3.05, 3.63) is 46.5 Å². The average molecular weight is 621 g/mol. The molecule has 2 N–H and O–H groups in total. The zero-order valence-corrected chi connectivity index (χ0v) is 26.4. The zero-order chi connectivity index (χ0) is 31.7. The largest absolute Gasteiger partial charge is 0.495 e. The van der Waals surface area contributed by atoms with E-state index in [1.807, 2.05) is 32.1 Å². The van der Waals surface area contributed by atoms with Crippen LogP contribution in [0.15, 0.2) is 35.9 Å². The van der Waals surface area contributed by atoms with Crippen molar-refractivity contribution in [1.29, 1.82) is 0 Å². The maximum Gasteiger partial charge on any atom is 0.409 e. The maximum atomic E-state index is 13.7. The van der Waals surface area contributed by atoms with E-state index in [0.29, 0.717) is 17.9 Å². The minimum absolute atomic E-state index is 0.00655. The normalized spacial score (nSPS) is 35.0. The van der Waals surface area contributed by atoms with E-state index in [9.17, 15) is 19.5 Å². The predicted molar refractivity (Wildman–Crippen MR) is 159 cm³/mol. The van der Waals surface area contributed by atoms with Crippen molar-refractivity contribution >= 4 is 35.3 Å². The van der Waals surface area contributed by atoms with Gasteiger partial charge in [-0.3, -0.25) is 14.9 Å². The van der Waals surface area contributed by atoms with Gasteiger partial charge in [-0.1, -0.05) is 49.2 Å². The van der Waals surface area contributed by atoms with Crippen molar-refractivity contribution in [3.63, 3.8) is 0 Å². The fourth-order valence-corrected chi connectivity index (χ4v) is 6.16. The summed E-state index contributed by atoms with van der Waals surface area (Å²) < 4.78 is 28.6. The number of anilines is 1. The van der Waals surface area contributed by atoms with E-state index in [2.05, 4.69) is 5.32 Å². The SMILES string of the molecule is CCC(=O)O[C@H]1CC(=O)N(C)c2cc(cc(OC)c2Cl)C/C(C)=C\C=C\[C@@H](OC)[C@@]2(O)CC(OC(=O)N2)[C@@H](C)C2OC21C. The van der Waals surface area contributed by atoms with Gasteiger partial charge in [0.25, 0.3) is 0 Å². The number of benzene rings is 1. The van der Waals surface area contributed by atoms with E-state index >= 15 is 0 Å². The predicted octanol–water partition coefficient (Wildman–Crippen LogP) is 4.08. The van der Waals surface area contributed by atoms with Crippen LogP contribution in [0.3, 0.4) is 0 Å². The Balaban J connectivity index is 1.79. The number of epoxide rings is 1. The Morgan fingerprint density at radius 2 is 2.00 bits per heavy atom. The standard InChI is InChI=1S/C31H41ClN2O9/c1-8-26(36)42-24-15-25(35)34(5)20-13-19(14-21(39-6)27(20)32)12-17(2)10-9-11-23(40-7)31(38)16-22(41-29(37)33-31)18(3)28-30(24,4)43-28/h9-11,13-14,18,22-24,28,38H,8,12,15-16H2,1-7H3,(H,33,37)/b11-9+,17-10-/t18-,22?,23-,24+,28?,30?,31+/m1/s1. The molecule has 4 rings (SSSR count). The number of hydrogen-bond acceptors (Lipinski definition) is 9. The number of hydrogen-bond donors (Lipinski definition) is 2. The van der Waals surface area contributed by atoms with Gasteiger partial charge in [-0.2, -0.15) is 0 Å². The van der Waals surface area contributed by atoms with E-state index in [0.717, 1.165) is 11.1 Å². The second-order valence-electron chi connectivity index (χ2n) is 11.6. The number of fused-ring (bicyclic) bond motifs is 5. The van der Waals surface area contributed by atoms with E-state index in [4.69, 9.17) is 35.3 Å². The Hall–Kier alpha value is -3.12. The van der Waals surface area contributed by atoms with Crippen LogP contribution in [0.5, 0.6) is 5.75 Å². The minimum Gasteiger partial charge on any atom is -0.495 e. The van der Waals surface area contributed by atoms with Crippen molar-refractivity contribution in [3.8, 4) is 5.75 Å². The van der Waals surface area contributed by atoms with Crippen molar-refractivity contribution in [2.24, 2.45) is 5.92 Å². The number of aliphatic hydroxyl groups is 1. The highest BCUT2D eigenvalue weighted by molar-refractivity contribution is 6.35. The number of carbonyl (C=O) groups is 3. The first-order valence-electron chi connectivity index (χ1n) is 14.3. The highest BCUT2D eigenvalue weighted by Gasteiger charge is 2.64. The monoisotopic (exact) mass is 620 g/mol. The summed E-state index contributed by atoms with van der Waals surface area (Å²) in [6, 6.07) is 3.63. The Morgan fingerprint density at radius 1 is 1.28 bits per heavy atom. The van der Waals surface area contributed by atoms with Gasteiger partial charge >= 0.3 is 12.1 Å². The quantitative estimate of drug-likeness (QED) is 0.377. The number of ether oxygens (including phenoxy) is 5. The molecule has 0 aromatic heterocycles. The molecular formula is C31H41ClN2O9. The van der Waals surface area contributed by atoms with E-state index in [1.54, 1.807) is 33.0 Å². The molecule has 0 saturated carbocycles. The third-order valence-corrected chi connectivity index (χ3v) is 8.89. The lowest BCUT2D eigenvalue weighted by Gasteiger charge is -2.42. The van der Waals surface area contributed by atoms with Crippen molar-refractivity contribution in [1.82, 2.24) is 5.32 Å². The zero-order valence-electron chi connectivity index (χ0n) is 25.6. The van der Waals surface area contributed by atoms with Gasteiger partial charge in [0.05, 0.1) is 25.3 Å². The molecule has 43 heavy (non-hydrogen) atoms. The van der Waals surface area contributed by atoms with Crippen LogP contribution in [0, 0.1) is 5.92 Å². The van der Waals surface area contributed by atoms with Gasteiger partial charge in [0, 0.05) is 32.9 Å². The van der Waals surface area contributed by atoms with Crippen LogP contribution >= 0.6 is 11.6 Å². The molecule has 12 heteroatoms. The molecule has 3 unspecified atom stereocenters. The molecule has 4 bridgehead atoms. The van der Waals surface area contributed by atoms with Gasteiger partial charge in [-0.25, -0.2) is 4.79 Å². The molecule has 2 fully saturated rings. The van der Waals surface area contributed by atoms with Gasteiger partial charge in [0.15, 0.2) is 5.72 Å². The summed E-state index contributed by atoms with van der Waals surface area (Å²) >= 11 is 6.66. The first-order chi connectivity index (χ1) is 20.3. The number of carbonyl (C=O) groups excluding carboxylic acids is 3. The highest BCUT2D eigenvalue weighted by Crippen LogP contribution is 2.49. The lowest BCUT2D eigenvalue weighted by Crippen LogP contribution is -2.63. The highest BCUT2D eigenvalue weighted by atomic mass is 35.5. The summed E-state index contributed by atoms with van der Waals surface area (Å²) in [5.41, 5.74) is -0.564. The van der Waals surface area contributed by atoms with E-state index in [-0.39, 0.29) is 30.2 Å². The molecule has 2 saturated heterocycles. The third-order valence-electron chi connectivity index (χ3n) is 8.51. The number of amides is 2. The number of halogens is 1. The second kappa shape index (κ2) is 12.9. The molecule has 236 valence electrons. The number of alkyl carbamates (subject to hydrolysis) is 1. The van der Waals surface area contributed by atoms with Gasteiger partial charge in [0.1, 0.15) is 34.7 Å². The average Bonchev–Trinajstić information content (AvgIpc) is 3.66. The Morgan fingerprint density at radius 3 is 2.65 bits per heavy atom. The second-order valence-corrected chi connectivity index (χ2v) is 12.0. The lowest BCUT2D eigenvalue weighted by molar-refractivity contribution is -0.153. The van der Waals surface area contributed by atoms with Gasteiger partial charge in [-0.05, 0) is 38.0 Å². The van der Waals surface area contributed by atoms with Crippen LogP contribution in [0.1, 0.15) is 52.5 Å². The number of methoxy groups -OCH3 is 2. The Labute approximate surface area is 257 Å². The molecule has 0 radical (unpaired) electrons. The summed E-state index contributed by atoms with van der Waals surface area (Å²) in [6.45, 7) is 7.20. The molecule has 11 nitrogen and oxygen atoms in total. The third kappa shape index (κ3) is 6.85. The molecule has 0 spiro atoms. The molecule has 1 aromatic carbocycles. The van der Waals surface area contributed by atoms with Crippen LogP contribution in [0.2, 0.25) is 5.02 Å². The lowest BCUT2D eigenvalue weighted by atomic mass is 9.83. The summed E-state index contributed by atoms with van der Waals surface area (Å²) in [6.07, 6.45) is 1.81. The molecule has 3 aliphatic rings. The first-order valence-corrected chi connectivity index (χ1v) is 14.7. The van der Waals surface area contributed by atoms with Crippen LogP contribution in [-0.4, -0.2) is 80.1 Å². The number of rotatable bonds is 4. The molecular weight excluding hydrogens is 580 g/mol. The first kappa shape index (κ1) is 32.8. The van der Waals surface area contributed by atoms with Crippen molar-refractivity contribution in [2.45, 2.75) is 89.1 Å². The Bertz CT molecular complexity index is 1320. The fraction of sp³-hybridized carbons (Fsp3) is 0.581. The van der Waals surface area contributed by atoms with Gasteiger partial charge in [0.2, 0.25) is 5.91 Å². The topological polar surface area (TPSA) is 136 Å². The van der Waals surface area contributed by atoms with E-state index < -0.39 is 53.7 Å². The Kier molecular flexibility index (Phi) is 9.80. The maximum absolute atomic E-state index is 13.7. The summed E-state index contributed by atoms with van der Waals surface area (Å²) in [4.78, 5) is 40.2. The van der Waals surface area contributed by atoms with Crippen molar-refractivity contribution in [2.75, 3.05) is 26.2 Å². The molecule has 2 amide bonds. The van der Waals surface area contributed by atoms with Crippen molar-refractivity contribution < 1.29 is 43.2 Å². The molecule has 0 aliphatic carbocycles. The molecule has 1 aromatic rings. The summed E-state index contributed by atoms with van der Waals surface area (Å²) in [5.74, 6) is -0.854. The van der Waals surface area contributed by atoms with Crippen LogP contribution in [0.25, 0.3) is 0 Å². The number of esters is 1. The summed E-state index contributed by atoms with van der Waals surface area (Å²) in [5, 5.41) is 14.3. The molecule has 3 aliphatic heterocycles. The number of allylic oxidation sites excluding steroid dienone is 3. The smallest absolute Gasteiger partial charge is 0.409 e. The van der Waals surface area contributed by atoms with Gasteiger partial charge < -0.3 is 33.7 Å². The van der Waals surface area contributed by atoms with Crippen LogP contribution in [0.4, 0.5) is 10.5 Å². The molecule has 7 atom stereocenters. The minimum atomic E-state index is -1.76. The molecule has 3 heterocycles.